The molecule has 0 spiro atoms. The van der Waals surface area contributed by atoms with E-state index in [0.717, 1.165) is 29.9 Å². The number of hydrogen-bond donors (Lipinski definition) is 1. The van der Waals surface area contributed by atoms with E-state index in [9.17, 15) is 14.3 Å². The number of methoxy groups -OCH3 is 1. The van der Waals surface area contributed by atoms with Gasteiger partial charge in [0.2, 0.25) is 5.96 Å². The van der Waals surface area contributed by atoms with Gasteiger partial charge in [0.25, 0.3) is 5.91 Å². The number of rotatable bonds is 7. The Labute approximate surface area is 215 Å². The maximum absolute atomic E-state index is 13.8. The number of amides is 1. The first-order valence-corrected chi connectivity index (χ1v) is 12.4. The van der Waals surface area contributed by atoms with Crippen molar-refractivity contribution >= 4 is 17.9 Å². The van der Waals surface area contributed by atoms with Gasteiger partial charge in [0.05, 0.1) is 31.4 Å². The van der Waals surface area contributed by atoms with Crippen LogP contribution in [0.1, 0.15) is 36.6 Å². The number of fused-ring (bicyclic) bond motifs is 1. The standard InChI is InChI=1S/C28H30FN5O3/c1-4-12-32-13-11-28(17-35,21-6-8-22(29)9-7-21)34-26(36)23(31-27(32)34)14-20-5-10-24(25(15-20)37-3)33-16-19(2)30-18-33/h5-10,14-16,18,35H,4,11-13,17H2,1-3H3/b23-14-. The molecule has 192 valence electrons. The van der Waals surface area contributed by atoms with E-state index in [0.29, 0.717) is 30.2 Å². The van der Waals surface area contributed by atoms with E-state index < -0.39 is 5.54 Å². The molecule has 1 fully saturated rings. The van der Waals surface area contributed by atoms with Crippen LogP contribution in [0.15, 0.2) is 65.7 Å². The maximum Gasteiger partial charge on any atom is 0.280 e. The van der Waals surface area contributed by atoms with Crippen molar-refractivity contribution in [3.8, 4) is 11.4 Å². The Bertz CT molecular complexity index is 1380. The number of ether oxygens (including phenoxy) is 1. The van der Waals surface area contributed by atoms with Gasteiger partial charge in [-0.15, -0.1) is 0 Å². The second-order valence-corrected chi connectivity index (χ2v) is 9.37. The summed E-state index contributed by atoms with van der Waals surface area (Å²) in [5, 5.41) is 10.6. The minimum absolute atomic E-state index is 0.270. The minimum Gasteiger partial charge on any atom is -0.495 e. The van der Waals surface area contributed by atoms with Crippen LogP contribution >= 0.6 is 0 Å². The van der Waals surface area contributed by atoms with Crippen molar-refractivity contribution in [2.75, 3.05) is 26.8 Å². The summed E-state index contributed by atoms with van der Waals surface area (Å²) in [6.07, 6.45) is 6.75. The Morgan fingerprint density at radius 2 is 2.00 bits per heavy atom. The molecule has 1 saturated heterocycles. The molecule has 1 unspecified atom stereocenters. The fourth-order valence-electron chi connectivity index (χ4n) is 5.10. The Balaban J connectivity index is 1.56. The Morgan fingerprint density at radius 1 is 1.22 bits per heavy atom. The molecule has 3 aromatic rings. The molecule has 1 atom stereocenters. The molecule has 37 heavy (non-hydrogen) atoms. The van der Waals surface area contributed by atoms with Crippen molar-refractivity contribution in [3.05, 3.63) is 83.3 Å². The Hall–Kier alpha value is -3.98. The zero-order chi connectivity index (χ0) is 26.2. The monoisotopic (exact) mass is 503 g/mol. The summed E-state index contributed by atoms with van der Waals surface area (Å²) in [7, 11) is 1.60. The van der Waals surface area contributed by atoms with E-state index in [1.54, 1.807) is 36.5 Å². The molecule has 9 heteroatoms. The first-order valence-electron chi connectivity index (χ1n) is 12.4. The molecule has 0 saturated carbocycles. The van der Waals surface area contributed by atoms with Gasteiger partial charge in [-0.3, -0.25) is 9.69 Å². The molecule has 0 aliphatic carbocycles. The number of halogens is 1. The Kier molecular flexibility index (Phi) is 6.55. The second-order valence-electron chi connectivity index (χ2n) is 9.37. The van der Waals surface area contributed by atoms with Crippen LogP contribution < -0.4 is 4.74 Å². The quantitative estimate of drug-likeness (QED) is 0.495. The SMILES string of the molecule is CCCN1CCC(CO)(c2ccc(F)cc2)N2C(=O)/C(=C/c3ccc(-n4cnc(C)c4)c(OC)c3)N=C12. The Morgan fingerprint density at radius 3 is 2.65 bits per heavy atom. The number of benzene rings is 2. The van der Waals surface area contributed by atoms with Gasteiger partial charge in [0, 0.05) is 19.3 Å². The number of aliphatic hydroxyl groups is 1. The summed E-state index contributed by atoms with van der Waals surface area (Å²) < 4.78 is 21.2. The first-order chi connectivity index (χ1) is 17.9. The molecule has 2 aliphatic heterocycles. The van der Waals surface area contributed by atoms with E-state index in [-0.39, 0.29) is 24.0 Å². The maximum atomic E-state index is 13.8. The molecule has 1 aromatic heterocycles. The normalized spacial score (nSPS) is 20.4. The lowest BCUT2D eigenvalue weighted by Crippen LogP contribution is -2.62. The lowest BCUT2D eigenvalue weighted by atomic mass is 9.83. The van der Waals surface area contributed by atoms with Gasteiger partial charge in [0.1, 0.15) is 22.8 Å². The average Bonchev–Trinajstić information content (AvgIpc) is 3.48. The molecule has 8 nitrogen and oxygen atoms in total. The summed E-state index contributed by atoms with van der Waals surface area (Å²) in [6, 6.07) is 11.6. The number of aliphatic hydroxyl groups excluding tert-OH is 1. The van der Waals surface area contributed by atoms with Gasteiger partial charge in [-0.2, -0.15) is 0 Å². The summed E-state index contributed by atoms with van der Waals surface area (Å²) in [5.41, 5.74) is 2.40. The number of aromatic nitrogens is 2. The highest BCUT2D eigenvalue weighted by Gasteiger charge is 2.51. The average molecular weight is 504 g/mol. The molecular weight excluding hydrogens is 473 g/mol. The van der Waals surface area contributed by atoms with E-state index in [2.05, 4.69) is 16.8 Å². The van der Waals surface area contributed by atoms with Crippen molar-refractivity contribution in [1.82, 2.24) is 19.4 Å². The third kappa shape index (κ3) is 4.29. The van der Waals surface area contributed by atoms with Crippen molar-refractivity contribution < 1.29 is 19.0 Å². The van der Waals surface area contributed by atoms with Gasteiger partial charge in [-0.1, -0.05) is 25.1 Å². The van der Waals surface area contributed by atoms with Gasteiger partial charge >= 0.3 is 0 Å². The topological polar surface area (TPSA) is 83.2 Å². The van der Waals surface area contributed by atoms with Crippen molar-refractivity contribution in [1.29, 1.82) is 0 Å². The van der Waals surface area contributed by atoms with E-state index >= 15 is 0 Å². The van der Waals surface area contributed by atoms with Crippen LogP contribution in [0.4, 0.5) is 4.39 Å². The largest absolute Gasteiger partial charge is 0.495 e. The lowest BCUT2D eigenvalue weighted by Gasteiger charge is -2.48. The highest BCUT2D eigenvalue weighted by molar-refractivity contribution is 6.14. The zero-order valence-electron chi connectivity index (χ0n) is 21.2. The molecule has 1 N–H and O–H groups in total. The fourth-order valence-corrected chi connectivity index (χ4v) is 5.10. The fraction of sp³-hybridized carbons (Fsp3) is 0.321. The number of hydrogen-bond acceptors (Lipinski definition) is 6. The molecule has 3 heterocycles. The number of aryl methyl sites for hydroxylation is 1. The molecule has 0 bridgehead atoms. The van der Waals surface area contributed by atoms with Crippen LogP contribution in [0.25, 0.3) is 11.8 Å². The summed E-state index contributed by atoms with van der Waals surface area (Å²) in [6.45, 7) is 5.04. The molecule has 2 aromatic carbocycles. The molecule has 5 rings (SSSR count). The van der Waals surface area contributed by atoms with Gasteiger partial charge < -0.3 is 19.3 Å². The molecule has 2 aliphatic rings. The van der Waals surface area contributed by atoms with Crippen LogP contribution in [-0.4, -0.2) is 63.1 Å². The number of imidazole rings is 1. The van der Waals surface area contributed by atoms with E-state index in [1.165, 1.54) is 12.1 Å². The highest BCUT2D eigenvalue weighted by atomic mass is 19.1. The summed E-state index contributed by atoms with van der Waals surface area (Å²) >= 11 is 0. The highest BCUT2D eigenvalue weighted by Crippen LogP contribution is 2.41. The lowest BCUT2D eigenvalue weighted by molar-refractivity contribution is -0.130. The number of carbonyl (C=O) groups is 1. The third-order valence-electron chi connectivity index (χ3n) is 6.98. The van der Waals surface area contributed by atoms with E-state index in [1.807, 2.05) is 35.9 Å². The first kappa shape index (κ1) is 24.7. The van der Waals surface area contributed by atoms with Crippen LogP contribution in [0.3, 0.4) is 0 Å². The van der Waals surface area contributed by atoms with Crippen LogP contribution in [0.5, 0.6) is 5.75 Å². The second kappa shape index (κ2) is 9.82. The number of carbonyl (C=O) groups excluding carboxylic acids is 1. The molecule has 0 radical (unpaired) electrons. The number of guanidine groups is 1. The van der Waals surface area contributed by atoms with Crippen LogP contribution in [0.2, 0.25) is 0 Å². The summed E-state index contributed by atoms with van der Waals surface area (Å²) in [4.78, 5) is 26.5. The number of aliphatic imine (C=N–C) groups is 1. The predicted octanol–water partition coefficient (Wildman–Crippen LogP) is 3.87. The van der Waals surface area contributed by atoms with Crippen molar-refractivity contribution in [2.45, 2.75) is 32.2 Å². The van der Waals surface area contributed by atoms with Gasteiger partial charge in [-0.25, -0.2) is 14.4 Å². The summed E-state index contributed by atoms with van der Waals surface area (Å²) in [5.74, 6) is 0.472. The van der Waals surface area contributed by atoms with Crippen LogP contribution in [0, 0.1) is 12.7 Å². The van der Waals surface area contributed by atoms with Crippen LogP contribution in [-0.2, 0) is 10.3 Å². The van der Waals surface area contributed by atoms with Gasteiger partial charge in [0.15, 0.2) is 0 Å². The van der Waals surface area contributed by atoms with Gasteiger partial charge in [-0.05, 0) is 61.2 Å². The van der Waals surface area contributed by atoms with E-state index in [4.69, 9.17) is 9.73 Å². The van der Waals surface area contributed by atoms with Crippen molar-refractivity contribution in [2.24, 2.45) is 4.99 Å². The molecule has 1 amide bonds. The predicted molar refractivity (Wildman–Crippen MR) is 139 cm³/mol. The third-order valence-corrected chi connectivity index (χ3v) is 6.98. The zero-order valence-corrected chi connectivity index (χ0v) is 21.2. The minimum atomic E-state index is -1.02. The number of nitrogens with zero attached hydrogens (tertiary/aromatic N) is 5. The van der Waals surface area contributed by atoms with Crippen molar-refractivity contribution in [3.63, 3.8) is 0 Å². The molecular formula is C28H30FN5O3. The smallest absolute Gasteiger partial charge is 0.280 e.